The number of benzene rings is 1. The molecule has 0 saturated heterocycles. The van der Waals surface area contributed by atoms with Crippen molar-refractivity contribution in [3.05, 3.63) is 23.3 Å². The van der Waals surface area contributed by atoms with E-state index in [2.05, 4.69) is 49.7 Å². The maximum absolute atomic E-state index is 5.58. The van der Waals surface area contributed by atoms with Gasteiger partial charge in [-0.25, -0.2) is 4.99 Å². The summed E-state index contributed by atoms with van der Waals surface area (Å²) in [5.74, 6) is 1.68. The molecule has 0 spiro atoms. The first-order valence-corrected chi connectivity index (χ1v) is 7.97. The molecule has 118 valence electrons. The third-order valence-corrected chi connectivity index (χ3v) is 4.16. The Labute approximate surface area is 130 Å². The quantitative estimate of drug-likeness (QED) is 0.516. The van der Waals surface area contributed by atoms with Crippen molar-refractivity contribution < 1.29 is 4.74 Å². The van der Waals surface area contributed by atoms with Crippen LogP contribution in [0, 0.1) is 12.8 Å². The summed E-state index contributed by atoms with van der Waals surface area (Å²) in [6.07, 6.45) is 5.37. The summed E-state index contributed by atoms with van der Waals surface area (Å²) in [5.41, 5.74) is 3.49. The highest BCUT2D eigenvalue weighted by Gasteiger charge is 2.12. The van der Waals surface area contributed by atoms with Crippen molar-refractivity contribution in [1.82, 2.24) is 4.90 Å². The van der Waals surface area contributed by atoms with Gasteiger partial charge in [-0.15, -0.1) is 0 Å². The summed E-state index contributed by atoms with van der Waals surface area (Å²) in [6, 6.07) is 4.29. The molecule has 1 rings (SSSR count). The summed E-state index contributed by atoms with van der Waals surface area (Å²) in [5, 5.41) is 0. The molecule has 21 heavy (non-hydrogen) atoms. The second-order valence-electron chi connectivity index (χ2n) is 5.65. The molecular formula is C18H30N2O. The van der Waals surface area contributed by atoms with Gasteiger partial charge in [0.1, 0.15) is 5.75 Å². The van der Waals surface area contributed by atoms with E-state index in [4.69, 9.17) is 4.74 Å². The minimum Gasteiger partial charge on any atom is -0.496 e. The first-order valence-electron chi connectivity index (χ1n) is 7.97. The molecule has 0 aliphatic rings. The van der Waals surface area contributed by atoms with Crippen LogP contribution >= 0.6 is 0 Å². The molecule has 0 fully saturated rings. The van der Waals surface area contributed by atoms with Crippen molar-refractivity contribution in [3.63, 3.8) is 0 Å². The van der Waals surface area contributed by atoms with E-state index in [1.807, 2.05) is 13.4 Å². The predicted octanol–water partition coefficient (Wildman–Crippen LogP) is 4.59. The third-order valence-electron chi connectivity index (χ3n) is 4.16. The molecule has 0 aliphatic carbocycles. The molecule has 0 atom stereocenters. The summed E-state index contributed by atoms with van der Waals surface area (Å²) in [7, 11) is 3.77. The Balaban J connectivity index is 3.04. The molecule has 1 aromatic carbocycles. The lowest BCUT2D eigenvalue weighted by molar-refractivity contribution is 0.401. The number of methoxy groups -OCH3 is 1. The molecule has 3 heteroatoms. The number of aryl methyl sites for hydroxylation is 1. The molecule has 0 aliphatic heterocycles. The van der Waals surface area contributed by atoms with Crippen molar-refractivity contribution in [3.8, 4) is 5.75 Å². The predicted molar refractivity (Wildman–Crippen MR) is 92.0 cm³/mol. The molecule has 0 saturated carbocycles. The van der Waals surface area contributed by atoms with Crippen LogP contribution in [0.15, 0.2) is 17.1 Å². The van der Waals surface area contributed by atoms with Gasteiger partial charge in [0, 0.05) is 19.7 Å². The van der Waals surface area contributed by atoms with Crippen LogP contribution in [-0.4, -0.2) is 31.9 Å². The first kappa shape index (κ1) is 17.5. The van der Waals surface area contributed by atoms with Gasteiger partial charge in [-0.1, -0.05) is 32.8 Å². The van der Waals surface area contributed by atoms with E-state index >= 15 is 0 Å². The van der Waals surface area contributed by atoms with E-state index in [1.54, 1.807) is 7.11 Å². The van der Waals surface area contributed by atoms with Gasteiger partial charge < -0.3 is 9.64 Å². The molecule has 3 nitrogen and oxygen atoms in total. The Kier molecular flexibility index (Phi) is 7.27. The van der Waals surface area contributed by atoms with Crippen LogP contribution in [0.2, 0.25) is 0 Å². The van der Waals surface area contributed by atoms with Crippen LogP contribution in [-0.2, 0) is 6.42 Å². The van der Waals surface area contributed by atoms with E-state index in [-0.39, 0.29) is 0 Å². The third kappa shape index (κ3) is 5.07. The van der Waals surface area contributed by atoms with Gasteiger partial charge in [-0.2, -0.15) is 0 Å². The zero-order valence-corrected chi connectivity index (χ0v) is 14.4. The Bertz CT molecular complexity index is 465. The maximum Gasteiger partial charge on any atom is 0.124 e. The second kappa shape index (κ2) is 8.71. The maximum atomic E-state index is 5.58. The van der Waals surface area contributed by atoms with Gasteiger partial charge >= 0.3 is 0 Å². The number of ether oxygens (including phenoxy) is 1. The van der Waals surface area contributed by atoms with Crippen molar-refractivity contribution in [2.75, 3.05) is 20.7 Å². The number of hydrogen-bond acceptors (Lipinski definition) is 2. The van der Waals surface area contributed by atoms with Gasteiger partial charge in [0.25, 0.3) is 0 Å². The standard InChI is InChI=1S/C18H30N2O/c1-7-15(8-2)11-16-10-14(4)17(12-18(16)21-6)19-13-20(5)9-3/h10,12-13,15H,7-9,11H2,1-6H3. The summed E-state index contributed by atoms with van der Waals surface area (Å²) >= 11 is 0. The smallest absolute Gasteiger partial charge is 0.124 e. The fraction of sp³-hybridized carbons (Fsp3) is 0.611. The van der Waals surface area contributed by atoms with E-state index in [0.717, 1.165) is 30.3 Å². The molecule has 0 unspecified atom stereocenters. The highest BCUT2D eigenvalue weighted by atomic mass is 16.5. The lowest BCUT2D eigenvalue weighted by Crippen LogP contribution is -2.14. The molecule has 0 radical (unpaired) electrons. The Hall–Kier alpha value is -1.51. The molecule has 1 aromatic rings. The molecule has 0 bridgehead atoms. The fourth-order valence-corrected chi connectivity index (χ4v) is 2.36. The first-order chi connectivity index (χ1) is 10.0. The minimum absolute atomic E-state index is 0.721. The summed E-state index contributed by atoms with van der Waals surface area (Å²) in [4.78, 5) is 6.63. The molecule has 0 N–H and O–H groups in total. The van der Waals surface area contributed by atoms with Crippen LogP contribution in [0.1, 0.15) is 44.7 Å². The van der Waals surface area contributed by atoms with Crippen molar-refractivity contribution in [2.24, 2.45) is 10.9 Å². The minimum atomic E-state index is 0.721. The van der Waals surface area contributed by atoms with Crippen LogP contribution in [0.5, 0.6) is 5.75 Å². The highest BCUT2D eigenvalue weighted by Crippen LogP contribution is 2.31. The Morgan fingerprint density at radius 3 is 2.43 bits per heavy atom. The average molecular weight is 290 g/mol. The Morgan fingerprint density at radius 2 is 1.90 bits per heavy atom. The number of rotatable bonds is 8. The number of aliphatic imine (C=N–C) groups is 1. The van der Waals surface area contributed by atoms with E-state index in [9.17, 15) is 0 Å². The van der Waals surface area contributed by atoms with Gasteiger partial charge in [0.2, 0.25) is 0 Å². The molecule has 0 amide bonds. The topological polar surface area (TPSA) is 24.8 Å². The zero-order valence-electron chi connectivity index (χ0n) is 14.4. The number of hydrogen-bond donors (Lipinski definition) is 0. The van der Waals surface area contributed by atoms with E-state index < -0.39 is 0 Å². The summed E-state index contributed by atoms with van der Waals surface area (Å²) in [6.45, 7) is 9.69. The van der Waals surface area contributed by atoms with Gasteiger partial charge in [-0.3, -0.25) is 0 Å². The highest BCUT2D eigenvalue weighted by molar-refractivity contribution is 5.64. The van der Waals surface area contributed by atoms with Gasteiger partial charge in [0.15, 0.2) is 0 Å². The normalized spacial score (nSPS) is 11.4. The van der Waals surface area contributed by atoms with Crippen LogP contribution in [0.3, 0.4) is 0 Å². The molecule has 0 aromatic heterocycles. The van der Waals surface area contributed by atoms with E-state index in [1.165, 1.54) is 24.0 Å². The van der Waals surface area contributed by atoms with Gasteiger partial charge in [0.05, 0.1) is 19.1 Å². The van der Waals surface area contributed by atoms with Crippen molar-refractivity contribution >= 4 is 12.0 Å². The Morgan fingerprint density at radius 1 is 1.24 bits per heavy atom. The van der Waals surface area contributed by atoms with Crippen LogP contribution in [0.4, 0.5) is 5.69 Å². The average Bonchev–Trinajstić information content (AvgIpc) is 2.51. The lowest BCUT2D eigenvalue weighted by Gasteiger charge is -2.17. The lowest BCUT2D eigenvalue weighted by atomic mass is 9.93. The van der Waals surface area contributed by atoms with E-state index in [0.29, 0.717) is 0 Å². The monoisotopic (exact) mass is 290 g/mol. The SMILES string of the molecule is CCC(CC)Cc1cc(C)c(N=CN(C)CC)cc1OC. The van der Waals surface area contributed by atoms with Gasteiger partial charge in [-0.05, 0) is 37.3 Å². The molecular weight excluding hydrogens is 260 g/mol. The summed E-state index contributed by atoms with van der Waals surface area (Å²) < 4.78 is 5.58. The van der Waals surface area contributed by atoms with Crippen molar-refractivity contribution in [2.45, 2.75) is 47.0 Å². The van der Waals surface area contributed by atoms with Crippen LogP contribution < -0.4 is 4.74 Å². The number of nitrogens with zero attached hydrogens (tertiary/aromatic N) is 2. The van der Waals surface area contributed by atoms with Crippen LogP contribution in [0.25, 0.3) is 0 Å². The largest absolute Gasteiger partial charge is 0.496 e. The van der Waals surface area contributed by atoms with Crippen molar-refractivity contribution in [1.29, 1.82) is 0 Å². The zero-order chi connectivity index (χ0) is 15.8. The second-order valence-corrected chi connectivity index (χ2v) is 5.65. The fourth-order valence-electron chi connectivity index (χ4n) is 2.36. The molecule has 0 heterocycles.